The molecule has 1 saturated heterocycles. The highest BCUT2D eigenvalue weighted by atomic mass is 16.6. The Morgan fingerprint density at radius 3 is 2.83 bits per heavy atom. The van der Waals surface area contributed by atoms with Gasteiger partial charge < -0.3 is 25.4 Å². The molecule has 2 aromatic rings. The predicted molar refractivity (Wildman–Crippen MR) is 81.7 cm³/mol. The third-order valence-corrected chi connectivity index (χ3v) is 3.97. The number of aliphatic hydroxyl groups is 3. The van der Waals surface area contributed by atoms with Crippen molar-refractivity contribution in [2.24, 2.45) is 0 Å². The summed E-state index contributed by atoms with van der Waals surface area (Å²) < 4.78 is 6.90. The molecule has 1 aliphatic heterocycles. The quantitative estimate of drug-likeness (QED) is 0.532. The Bertz CT molecular complexity index is 664. The van der Waals surface area contributed by atoms with E-state index < -0.39 is 24.5 Å². The number of nitrogens with one attached hydrogen (secondary N) is 1. The van der Waals surface area contributed by atoms with E-state index in [9.17, 15) is 15.3 Å². The minimum Gasteiger partial charge on any atom is -0.394 e. The van der Waals surface area contributed by atoms with Crippen molar-refractivity contribution in [3.8, 4) is 0 Å². The van der Waals surface area contributed by atoms with Crippen molar-refractivity contribution in [3.63, 3.8) is 0 Å². The molecule has 0 aliphatic carbocycles. The van der Waals surface area contributed by atoms with E-state index in [0.29, 0.717) is 16.9 Å². The third-order valence-electron chi connectivity index (χ3n) is 3.97. The third kappa shape index (κ3) is 2.88. The van der Waals surface area contributed by atoms with Crippen LogP contribution in [-0.4, -0.2) is 66.5 Å². The van der Waals surface area contributed by atoms with Crippen LogP contribution in [0.15, 0.2) is 12.5 Å². The number of hydrogen-bond donors (Lipinski definition) is 4. The van der Waals surface area contributed by atoms with Gasteiger partial charge in [-0.3, -0.25) is 0 Å². The first-order valence-electron chi connectivity index (χ1n) is 7.72. The number of aliphatic hydroxyl groups excluding tert-OH is 3. The van der Waals surface area contributed by atoms with E-state index in [4.69, 9.17) is 4.74 Å². The first-order chi connectivity index (χ1) is 11.2. The van der Waals surface area contributed by atoms with E-state index in [-0.39, 0.29) is 6.61 Å². The minimum atomic E-state index is -1.19. The summed E-state index contributed by atoms with van der Waals surface area (Å²) in [5.74, 6) is 0.668. The Morgan fingerprint density at radius 1 is 1.30 bits per heavy atom. The summed E-state index contributed by atoms with van der Waals surface area (Å²) in [7, 11) is 0. The minimum absolute atomic E-state index is 0.382. The Morgan fingerprint density at radius 2 is 2.13 bits per heavy atom. The van der Waals surface area contributed by atoms with Gasteiger partial charge in [-0.2, -0.15) is 5.10 Å². The van der Waals surface area contributed by atoms with E-state index in [2.05, 4.69) is 27.3 Å². The van der Waals surface area contributed by atoms with Crippen LogP contribution in [0.3, 0.4) is 0 Å². The van der Waals surface area contributed by atoms with E-state index in [1.165, 1.54) is 11.0 Å². The maximum Gasteiger partial charge on any atom is 0.181 e. The van der Waals surface area contributed by atoms with E-state index >= 15 is 0 Å². The monoisotopic (exact) mass is 323 g/mol. The van der Waals surface area contributed by atoms with E-state index in [1.54, 1.807) is 6.20 Å². The molecule has 1 unspecified atom stereocenters. The summed E-state index contributed by atoms with van der Waals surface area (Å²) in [5.41, 5.74) is 0.494. The first kappa shape index (κ1) is 16.1. The normalized spacial score (nSPS) is 27.7. The molecule has 0 saturated carbocycles. The average molecular weight is 323 g/mol. The summed E-state index contributed by atoms with van der Waals surface area (Å²) >= 11 is 0. The molecule has 3 rings (SSSR count). The summed E-state index contributed by atoms with van der Waals surface area (Å²) in [6.45, 7) is 2.52. The van der Waals surface area contributed by atoms with Crippen LogP contribution in [0.2, 0.25) is 0 Å². The van der Waals surface area contributed by atoms with Gasteiger partial charge in [0.1, 0.15) is 30.5 Å². The molecule has 23 heavy (non-hydrogen) atoms. The molecule has 9 heteroatoms. The molecule has 3 heterocycles. The van der Waals surface area contributed by atoms with Gasteiger partial charge in [0.15, 0.2) is 11.9 Å². The fraction of sp³-hybridized carbons (Fsp3) is 0.643. The highest BCUT2D eigenvalue weighted by Crippen LogP contribution is 2.31. The van der Waals surface area contributed by atoms with Crippen LogP contribution in [0.5, 0.6) is 0 Å². The van der Waals surface area contributed by atoms with Gasteiger partial charge >= 0.3 is 0 Å². The predicted octanol–water partition coefficient (Wildman–Crippen LogP) is -0.350. The van der Waals surface area contributed by atoms with Gasteiger partial charge in [-0.1, -0.05) is 13.3 Å². The van der Waals surface area contributed by atoms with Crippen molar-refractivity contribution in [1.82, 2.24) is 19.7 Å². The summed E-state index contributed by atoms with van der Waals surface area (Å²) in [4.78, 5) is 8.41. The molecule has 0 radical (unpaired) electrons. The topological polar surface area (TPSA) is 126 Å². The molecule has 0 amide bonds. The van der Waals surface area contributed by atoms with Crippen LogP contribution in [0.4, 0.5) is 5.82 Å². The Kier molecular flexibility index (Phi) is 4.71. The fourth-order valence-corrected chi connectivity index (χ4v) is 2.66. The van der Waals surface area contributed by atoms with Gasteiger partial charge in [-0.25, -0.2) is 14.6 Å². The van der Waals surface area contributed by atoms with Gasteiger partial charge in [0.05, 0.1) is 18.2 Å². The zero-order chi connectivity index (χ0) is 16.4. The second-order valence-electron chi connectivity index (χ2n) is 5.56. The van der Waals surface area contributed by atoms with Crippen molar-refractivity contribution in [1.29, 1.82) is 0 Å². The van der Waals surface area contributed by atoms with Crippen molar-refractivity contribution < 1.29 is 20.1 Å². The molecule has 0 bridgehead atoms. The summed E-state index contributed by atoms with van der Waals surface area (Å²) in [6.07, 6.45) is 0.984. The molecule has 1 aliphatic rings. The highest BCUT2D eigenvalue weighted by molar-refractivity contribution is 5.86. The lowest BCUT2D eigenvalue weighted by Crippen LogP contribution is -2.33. The van der Waals surface area contributed by atoms with Crippen molar-refractivity contribution in [2.75, 3.05) is 18.5 Å². The largest absolute Gasteiger partial charge is 0.394 e. The number of unbranched alkanes of at least 4 members (excludes halogenated alkanes) is 1. The Balaban J connectivity index is 1.90. The zero-order valence-corrected chi connectivity index (χ0v) is 12.8. The molecule has 9 nitrogen and oxygen atoms in total. The van der Waals surface area contributed by atoms with E-state index in [1.807, 2.05) is 0 Å². The molecule has 0 spiro atoms. The van der Waals surface area contributed by atoms with Crippen LogP contribution in [0, 0.1) is 0 Å². The number of aromatic nitrogens is 4. The Hall–Kier alpha value is -1.81. The lowest BCUT2D eigenvalue weighted by Gasteiger charge is -2.15. The van der Waals surface area contributed by atoms with Crippen LogP contribution in [0.25, 0.3) is 11.0 Å². The smallest absolute Gasteiger partial charge is 0.181 e. The van der Waals surface area contributed by atoms with Crippen LogP contribution in [0.1, 0.15) is 26.0 Å². The number of nitrogens with zero attached hydrogens (tertiary/aromatic N) is 4. The molecule has 126 valence electrons. The maximum absolute atomic E-state index is 10.1. The number of anilines is 1. The molecular formula is C14H21N5O4. The molecule has 4 atom stereocenters. The second kappa shape index (κ2) is 6.75. The molecular weight excluding hydrogens is 302 g/mol. The van der Waals surface area contributed by atoms with E-state index in [0.717, 1.165) is 19.4 Å². The molecule has 1 fully saturated rings. The number of fused-ring (bicyclic) bond motifs is 1. The standard InChI is InChI=1S/C14H21N5O4/c1-2-3-4-15-12-8-5-18-19(13(8)17-7-16-12)14-11(22)10(21)9(6-20)23-14/h5,7,9-11,14,20-22H,2-4,6H2,1H3,(H,15,16,17)/t9-,10-,11-,14?/m1/s1. The van der Waals surface area contributed by atoms with Crippen LogP contribution >= 0.6 is 0 Å². The fourth-order valence-electron chi connectivity index (χ4n) is 2.66. The van der Waals surface area contributed by atoms with Gasteiger partial charge in [0.25, 0.3) is 0 Å². The SMILES string of the molecule is CCCCNc1ncnc2c1cnn2C1O[C@H](CO)[C@@H](O)[C@H]1O. The van der Waals surface area contributed by atoms with Crippen LogP contribution < -0.4 is 5.32 Å². The van der Waals surface area contributed by atoms with Gasteiger partial charge in [0, 0.05) is 6.54 Å². The maximum atomic E-state index is 10.1. The summed E-state index contributed by atoms with van der Waals surface area (Å²) in [6, 6.07) is 0. The first-order valence-corrected chi connectivity index (χ1v) is 7.72. The van der Waals surface area contributed by atoms with Gasteiger partial charge in [-0.05, 0) is 6.42 Å². The van der Waals surface area contributed by atoms with Crippen LogP contribution in [-0.2, 0) is 4.74 Å². The molecule has 2 aromatic heterocycles. The van der Waals surface area contributed by atoms with Gasteiger partial charge in [0.2, 0.25) is 0 Å². The van der Waals surface area contributed by atoms with Crippen molar-refractivity contribution >= 4 is 16.9 Å². The average Bonchev–Trinajstić information content (AvgIpc) is 3.11. The lowest BCUT2D eigenvalue weighted by molar-refractivity contribution is -0.0566. The Labute approximate surface area is 132 Å². The lowest BCUT2D eigenvalue weighted by atomic mass is 10.1. The zero-order valence-electron chi connectivity index (χ0n) is 12.8. The van der Waals surface area contributed by atoms with Crippen molar-refractivity contribution in [3.05, 3.63) is 12.5 Å². The number of ether oxygens (including phenoxy) is 1. The number of rotatable bonds is 6. The van der Waals surface area contributed by atoms with Gasteiger partial charge in [-0.15, -0.1) is 0 Å². The second-order valence-corrected chi connectivity index (χ2v) is 5.56. The number of hydrogen-bond acceptors (Lipinski definition) is 8. The molecule has 4 N–H and O–H groups in total. The molecule has 0 aromatic carbocycles. The summed E-state index contributed by atoms with van der Waals surface area (Å²) in [5, 5.41) is 37.3. The highest BCUT2D eigenvalue weighted by Gasteiger charge is 2.44. The van der Waals surface area contributed by atoms with Crippen molar-refractivity contribution in [2.45, 2.75) is 44.3 Å².